The first-order valence-electron chi connectivity index (χ1n) is 5.88. The van der Waals surface area contributed by atoms with Crippen molar-refractivity contribution in [2.24, 2.45) is 0 Å². The molecule has 0 spiro atoms. The van der Waals surface area contributed by atoms with Crippen molar-refractivity contribution < 1.29 is 0 Å². The fraction of sp³-hybridized carbons (Fsp3) is 0.188. The van der Waals surface area contributed by atoms with Crippen molar-refractivity contribution in [3.05, 3.63) is 64.7 Å². The molecule has 2 aromatic carbocycles. The fourth-order valence-electron chi connectivity index (χ4n) is 1.80. The van der Waals surface area contributed by atoms with Crippen molar-refractivity contribution in [1.82, 2.24) is 0 Å². The average molecular weight is 253 g/mol. The zero-order chi connectivity index (χ0) is 13.0. The van der Waals surface area contributed by atoms with E-state index in [0.29, 0.717) is 0 Å². The minimum absolute atomic E-state index is 0.762. The summed E-state index contributed by atoms with van der Waals surface area (Å²) in [6, 6.07) is 16.7. The highest BCUT2D eigenvalue weighted by atomic mass is 32.2. The number of rotatable bonds is 3. The second kappa shape index (κ2) is 5.75. The molecule has 2 aromatic rings. The highest BCUT2D eigenvalue weighted by Crippen LogP contribution is 2.27. The lowest BCUT2D eigenvalue weighted by atomic mass is 10.2. The topological polar surface area (TPSA) is 23.8 Å². The molecule has 0 aliphatic heterocycles. The molecular weight excluding hydrogens is 238 g/mol. The van der Waals surface area contributed by atoms with E-state index >= 15 is 0 Å². The molecule has 0 bridgehead atoms. The molecule has 18 heavy (non-hydrogen) atoms. The number of hydrogen-bond donors (Lipinski definition) is 0. The summed E-state index contributed by atoms with van der Waals surface area (Å²) in [5.41, 5.74) is 4.53. The van der Waals surface area contributed by atoms with Crippen LogP contribution in [0, 0.1) is 25.2 Å². The largest absolute Gasteiger partial charge is 0.192 e. The van der Waals surface area contributed by atoms with Crippen LogP contribution in [0.15, 0.2) is 47.4 Å². The number of thioether (sulfide) groups is 1. The maximum Gasteiger partial charge on any atom is 0.100 e. The quantitative estimate of drug-likeness (QED) is 0.754. The smallest absolute Gasteiger partial charge is 0.100 e. The second-order valence-corrected chi connectivity index (χ2v) is 5.41. The Morgan fingerprint density at radius 3 is 2.56 bits per heavy atom. The van der Waals surface area contributed by atoms with Gasteiger partial charge in [-0.15, -0.1) is 11.8 Å². The van der Waals surface area contributed by atoms with Crippen molar-refractivity contribution in [2.45, 2.75) is 24.5 Å². The van der Waals surface area contributed by atoms with E-state index in [4.69, 9.17) is 5.26 Å². The van der Waals surface area contributed by atoms with Gasteiger partial charge in [0.05, 0.1) is 5.56 Å². The van der Waals surface area contributed by atoms with E-state index in [2.05, 4.69) is 50.2 Å². The molecule has 2 rings (SSSR count). The highest BCUT2D eigenvalue weighted by Gasteiger charge is 2.03. The van der Waals surface area contributed by atoms with E-state index in [0.717, 1.165) is 16.2 Å². The van der Waals surface area contributed by atoms with Gasteiger partial charge >= 0.3 is 0 Å². The van der Waals surface area contributed by atoms with Gasteiger partial charge in [-0.2, -0.15) is 5.26 Å². The third kappa shape index (κ3) is 3.15. The summed E-state index contributed by atoms with van der Waals surface area (Å²) in [7, 11) is 0. The third-order valence-corrected chi connectivity index (χ3v) is 3.86. The molecule has 0 heterocycles. The maximum absolute atomic E-state index is 9.09. The summed E-state index contributed by atoms with van der Waals surface area (Å²) in [5.74, 6) is 0.903. The van der Waals surface area contributed by atoms with Gasteiger partial charge in [0.15, 0.2) is 0 Å². The monoisotopic (exact) mass is 253 g/mol. The Morgan fingerprint density at radius 1 is 1.06 bits per heavy atom. The minimum atomic E-state index is 0.762. The summed E-state index contributed by atoms with van der Waals surface area (Å²) in [4.78, 5) is 1.07. The van der Waals surface area contributed by atoms with Gasteiger partial charge in [-0.3, -0.25) is 0 Å². The van der Waals surface area contributed by atoms with Crippen LogP contribution in [0.1, 0.15) is 22.3 Å². The molecule has 0 saturated carbocycles. The lowest BCUT2D eigenvalue weighted by molar-refractivity contribution is 1.29. The number of nitriles is 1. The van der Waals surface area contributed by atoms with E-state index in [1.807, 2.05) is 12.1 Å². The van der Waals surface area contributed by atoms with Crippen LogP contribution in [0.25, 0.3) is 0 Å². The lowest BCUT2D eigenvalue weighted by Gasteiger charge is -2.06. The van der Waals surface area contributed by atoms with Crippen LogP contribution in [0.4, 0.5) is 0 Å². The minimum Gasteiger partial charge on any atom is -0.192 e. The fourth-order valence-corrected chi connectivity index (χ4v) is 2.84. The first-order chi connectivity index (χ1) is 8.69. The van der Waals surface area contributed by atoms with Crippen LogP contribution in [0.3, 0.4) is 0 Å². The SMILES string of the molecule is Cc1cccc(CSc2cc(C)ccc2C#N)c1. The van der Waals surface area contributed by atoms with E-state index in [-0.39, 0.29) is 0 Å². The van der Waals surface area contributed by atoms with Crippen LogP contribution >= 0.6 is 11.8 Å². The summed E-state index contributed by atoms with van der Waals surface area (Å²) in [5, 5.41) is 9.09. The summed E-state index contributed by atoms with van der Waals surface area (Å²) < 4.78 is 0. The number of hydrogen-bond acceptors (Lipinski definition) is 2. The maximum atomic E-state index is 9.09. The molecule has 90 valence electrons. The molecule has 2 heteroatoms. The Morgan fingerprint density at radius 2 is 1.83 bits per heavy atom. The number of aryl methyl sites for hydroxylation is 2. The molecule has 0 saturated heterocycles. The second-order valence-electron chi connectivity index (χ2n) is 4.39. The van der Waals surface area contributed by atoms with Gasteiger partial charge in [-0.1, -0.05) is 35.9 Å². The van der Waals surface area contributed by atoms with Gasteiger partial charge in [0.25, 0.3) is 0 Å². The molecule has 0 aliphatic carbocycles. The van der Waals surface area contributed by atoms with Gasteiger partial charge in [-0.25, -0.2) is 0 Å². The Labute approximate surface area is 112 Å². The molecule has 0 aromatic heterocycles. The van der Waals surface area contributed by atoms with Crippen molar-refractivity contribution >= 4 is 11.8 Å². The predicted octanol–water partition coefficient (Wildman–Crippen LogP) is 4.47. The van der Waals surface area contributed by atoms with Gasteiger partial charge in [-0.05, 0) is 37.1 Å². The van der Waals surface area contributed by atoms with Crippen molar-refractivity contribution in [2.75, 3.05) is 0 Å². The standard InChI is InChI=1S/C16H15NS/c1-12-4-3-5-14(8-12)11-18-16-9-13(2)6-7-15(16)10-17/h3-9H,11H2,1-2H3. The van der Waals surface area contributed by atoms with Crippen molar-refractivity contribution in [3.63, 3.8) is 0 Å². The van der Waals surface area contributed by atoms with Crippen LogP contribution < -0.4 is 0 Å². The van der Waals surface area contributed by atoms with Crippen LogP contribution in [-0.2, 0) is 5.75 Å². The molecule has 1 nitrogen and oxygen atoms in total. The van der Waals surface area contributed by atoms with Gasteiger partial charge in [0.1, 0.15) is 6.07 Å². The summed E-state index contributed by atoms with van der Waals surface area (Å²) in [6.07, 6.45) is 0. The van der Waals surface area contributed by atoms with E-state index < -0.39 is 0 Å². The average Bonchev–Trinajstić information content (AvgIpc) is 2.37. The van der Waals surface area contributed by atoms with E-state index in [9.17, 15) is 0 Å². The van der Waals surface area contributed by atoms with Gasteiger partial charge in [0, 0.05) is 10.6 Å². The lowest BCUT2D eigenvalue weighted by Crippen LogP contribution is -1.86. The molecule has 0 fully saturated rings. The Bertz CT molecular complexity index is 596. The summed E-state index contributed by atoms with van der Waals surface area (Å²) >= 11 is 1.73. The van der Waals surface area contributed by atoms with Crippen molar-refractivity contribution in [1.29, 1.82) is 5.26 Å². The zero-order valence-corrected chi connectivity index (χ0v) is 11.4. The van der Waals surface area contributed by atoms with Gasteiger partial charge < -0.3 is 0 Å². The summed E-state index contributed by atoms with van der Waals surface area (Å²) in [6.45, 7) is 4.15. The Balaban J connectivity index is 2.15. The molecule has 0 radical (unpaired) electrons. The van der Waals surface area contributed by atoms with E-state index in [1.54, 1.807) is 11.8 Å². The van der Waals surface area contributed by atoms with Crippen LogP contribution in [-0.4, -0.2) is 0 Å². The number of nitrogens with zero attached hydrogens (tertiary/aromatic N) is 1. The van der Waals surface area contributed by atoms with Gasteiger partial charge in [0.2, 0.25) is 0 Å². The third-order valence-electron chi connectivity index (χ3n) is 2.73. The number of benzene rings is 2. The first-order valence-corrected chi connectivity index (χ1v) is 6.86. The Kier molecular flexibility index (Phi) is 4.07. The molecule has 0 atom stereocenters. The molecule has 0 amide bonds. The molecule has 0 N–H and O–H groups in total. The highest BCUT2D eigenvalue weighted by molar-refractivity contribution is 7.98. The van der Waals surface area contributed by atoms with E-state index in [1.165, 1.54) is 16.7 Å². The molecule has 0 unspecified atom stereocenters. The normalized spacial score (nSPS) is 10.1. The molecule has 0 aliphatic rings. The first kappa shape index (κ1) is 12.7. The van der Waals surface area contributed by atoms with Crippen LogP contribution in [0.2, 0.25) is 0 Å². The van der Waals surface area contributed by atoms with Crippen LogP contribution in [0.5, 0.6) is 0 Å². The predicted molar refractivity (Wildman–Crippen MR) is 76.6 cm³/mol. The van der Waals surface area contributed by atoms with Crippen molar-refractivity contribution in [3.8, 4) is 6.07 Å². The zero-order valence-electron chi connectivity index (χ0n) is 10.6. The Hall–Kier alpha value is -1.72. The molecular formula is C16H15NS.